The van der Waals surface area contributed by atoms with Gasteiger partial charge in [-0.1, -0.05) is 49.1 Å². The van der Waals surface area contributed by atoms with E-state index >= 15 is 0 Å². The van der Waals surface area contributed by atoms with Crippen LogP contribution in [0.25, 0.3) is 6.08 Å². The number of carboxylic acids is 1. The molecule has 2 nitrogen and oxygen atoms in total. The van der Waals surface area contributed by atoms with Crippen LogP contribution in [0.1, 0.15) is 12.0 Å². The second kappa shape index (κ2) is 7.80. The van der Waals surface area contributed by atoms with E-state index in [4.69, 9.17) is 5.11 Å². The summed E-state index contributed by atoms with van der Waals surface area (Å²) in [5, 5.41) is 7.84. The van der Waals surface area contributed by atoms with E-state index in [-0.39, 0.29) is 6.42 Å². The van der Waals surface area contributed by atoms with Gasteiger partial charge in [0.25, 0.3) is 0 Å². The Kier molecular flexibility index (Phi) is 6.78. The van der Waals surface area contributed by atoms with Crippen LogP contribution >= 0.6 is 0 Å². The average molecular weight is 190 g/mol. The summed E-state index contributed by atoms with van der Waals surface area (Å²) in [6, 6.07) is 10.0. The number of hydrogen-bond acceptors (Lipinski definition) is 1. The van der Waals surface area contributed by atoms with Crippen molar-refractivity contribution >= 4 is 12.0 Å². The van der Waals surface area contributed by atoms with Gasteiger partial charge in [0.05, 0.1) is 6.42 Å². The molecule has 1 aromatic rings. The van der Waals surface area contributed by atoms with Gasteiger partial charge in [-0.05, 0) is 5.56 Å². The highest BCUT2D eigenvalue weighted by Gasteiger charge is 1.84. The van der Waals surface area contributed by atoms with Gasteiger partial charge in [-0.3, -0.25) is 4.79 Å². The molecular weight excluding hydrogens is 176 g/mol. The molecule has 0 unspecified atom stereocenters. The van der Waals surface area contributed by atoms with Crippen LogP contribution in [-0.4, -0.2) is 11.1 Å². The molecule has 0 bridgehead atoms. The maximum absolute atomic E-state index is 9.53. The van der Waals surface area contributed by atoms with Crippen LogP contribution in [0, 0.1) is 0 Å². The van der Waals surface area contributed by atoms with E-state index < -0.39 is 5.97 Å². The molecule has 0 radical (unpaired) electrons. The van der Waals surface area contributed by atoms with Crippen molar-refractivity contribution in [1.29, 1.82) is 0 Å². The maximum Gasteiger partial charge on any atom is 0.307 e. The lowest BCUT2D eigenvalue weighted by Crippen LogP contribution is -1.88. The van der Waals surface area contributed by atoms with E-state index in [2.05, 4.69) is 13.2 Å². The second-order valence-electron chi connectivity index (χ2n) is 2.50. The minimum Gasteiger partial charge on any atom is -0.481 e. The topological polar surface area (TPSA) is 37.3 Å². The highest BCUT2D eigenvalue weighted by Crippen LogP contribution is 1.97. The molecule has 0 saturated heterocycles. The molecule has 14 heavy (non-hydrogen) atoms. The Hall–Kier alpha value is -1.83. The van der Waals surface area contributed by atoms with Crippen molar-refractivity contribution in [2.45, 2.75) is 6.42 Å². The van der Waals surface area contributed by atoms with Crippen molar-refractivity contribution in [2.24, 2.45) is 0 Å². The van der Waals surface area contributed by atoms with Gasteiger partial charge >= 0.3 is 5.97 Å². The minimum atomic E-state index is -0.829. The van der Waals surface area contributed by atoms with Crippen molar-refractivity contribution in [2.75, 3.05) is 0 Å². The summed E-state index contributed by atoms with van der Waals surface area (Å²) >= 11 is 0. The third kappa shape index (κ3) is 6.85. The molecule has 1 N–H and O–H groups in total. The first kappa shape index (κ1) is 12.2. The van der Waals surface area contributed by atoms with Gasteiger partial charge in [-0.2, -0.15) is 0 Å². The lowest BCUT2D eigenvalue weighted by atomic mass is 10.2. The number of benzene rings is 1. The molecule has 0 heterocycles. The summed E-state index contributed by atoms with van der Waals surface area (Å²) in [7, 11) is 0. The Balaban J connectivity index is 0.000000255. The Morgan fingerprint density at radius 2 is 1.86 bits per heavy atom. The molecule has 0 spiro atoms. The van der Waals surface area contributed by atoms with Crippen LogP contribution < -0.4 is 0 Å². The molecule has 2 heteroatoms. The monoisotopic (exact) mass is 190 g/mol. The van der Waals surface area contributed by atoms with E-state index in [0.29, 0.717) is 0 Å². The van der Waals surface area contributed by atoms with Gasteiger partial charge in [0.2, 0.25) is 0 Å². The smallest absolute Gasteiger partial charge is 0.307 e. The summed E-state index contributed by atoms with van der Waals surface area (Å²) in [5.74, 6) is -0.829. The van der Waals surface area contributed by atoms with Crippen LogP contribution in [0.4, 0.5) is 0 Å². The minimum absolute atomic E-state index is 0.0556. The molecule has 0 aliphatic carbocycles. The normalized spacial score (nSPS) is 8.00. The van der Waals surface area contributed by atoms with Gasteiger partial charge in [-0.25, -0.2) is 0 Å². The number of aliphatic carboxylic acids is 1. The number of carbonyl (C=O) groups is 1. The molecule has 1 rings (SSSR count). The summed E-state index contributed by atoms with van der Waals surface area (Å²) in [6.45, 7) is 6.85. The van der Waals surface area contributed by atoms with Crippen LogP contribution in [0.3, 0.4) is 0 Å². The molecule has 0 aliphatic heterocycles. The van der Waals surface area contributed by atoms with Crippen molar-refractivity contribution in [3.63, 3.8) is 0 Å². The van der Waals surface area contributed by atoms with Crippen LogP contribution in [-0.2, 0) is 4.79 Å². The van der Waals surface area contributed by atoms with E-state index in [1.807, 2.05) is 36.4 Å². The Morgan fingerprint density at radius 1 is 1.29 bits per heavy atom. The summed E-state index contributed by atoms with van der Waals surface area (Å²) < 4.78 is 0. The predicted molar refractivity (Wildman–Crippen MR) is 59.0 cm³/mol. The van der Waals surface area contributed by atoms with E-state index in [9.17, 15) is 4.79 Å². The third-order valence-corrected chi connectivity index (χ3v) is 1.35. The maximum atomic E-state index is 9.53. The van der Waals surface area contributed by atoms with Crippen molar-refractivity contribution < 1.29 is 9.90 Å². The first-order chi connectivity index (χ1) is 6.70. The lowest BCUT2D eigenvalue weighted by Gasteiger charge is -1.85. The SMILES string of the molecule is C=CCC(=O)O.C=Cc1ccccc1. The zero-order chi connectivity index (χ0) is 10.8. The molecule has 0 atom stereocenters. The van der Waals surface area contributed by atoms with Crippen LogP contribution in [0.2, 0.25) is 0 Å². The van der Waals surface area contributed by atoms with Gasteiger partial charge < -0.3 is 5.11 Å². The molecule has 0 aromatic heterocycles. The number of hydrogen-bond donors (Lipinski definition) is 1. The van der Waals surface area contributed by atoms with Gasteiger partial charge in [-0.15, -0.1) is 6.58 Å². The quantitative estimate of drug-likeness (QED) is 0.744. The Labute approximate surface area is 84.2 Å². The highest BCUT2D eigenvalue weighted by molar-refractivity contribution is 5.68. The molecule has 0 saturated carbocycles. The molecular formula is C12H14O2. The van der Waals surface area contributed by atoms with E-state index in [0.717, 1.165) is 0 Å². The summed E-state index contributed by atoms with van der Waals surface area (Å²) in [4.78, 5) is 9.53. The summed E-state index contributed by atoms with van der Waals surface area (Å²) in [5.41, 5.74) is 1.17. The molecule has 74 valence electrons. The Bertz CT molecular complexity index is 288. The molecule has 1 aromatic carbocycles. The highest BCUT2D eigenvalue weighted by atomic mass is 16.4. The molecule has 0 fully saturated rings. The van der Waals surface area contributed by atoms with Gasteiger partial charge in [0.1, 0.15) is 0 Å². The standard InChI is InChI=1S/C8H8.C4H6O2/c1-2-8-6-4-3-5-7-8;1-2-3-4(5)6/h2-7H,1H2;2H,1,3H2,(H,5,6). The first-order valence-corrected chi connectivity index (χ1v) is 4.21. The fourth-order valence-corrected chi connectivity index (χ4v) is 0.713. The largest absolute Gasteiger partial charge is 0.481 e. The third-order valence-electron chi connectivity index (χ3n) is 1.35. The zero-order valence-corrected chi connectivity index (χ0v) is 8.02. The average Bonchev–Trinajstić information content (AvgIpc) is 2.20. The predicted octanol–water partition coefficient (Wildman–Crippen LogP) is 2.98. The Morgan fingerprint density at radius 3 is 2.07 bits per heavy atom. The lowest BCUT2D eigenvalue weighted by molar-refractivity contribution is -0.135. The van der Waals surface area contributed by atoms with Crippen LogP contribution in [0.5, 0.6) is 0 Å². The zero-order valence-electron chi connectivity index (χ0n) is 8.02. The molecule has 0 amide bonds. The number of carboxylic acid groups (broad SMARTS) is 1. The van der Waals surface area contributed by atoms with Gasteiger partial charge in [0.15, 0.2) is 0 Å². The fourth-order valence-electron chi connectivity index (χ4n) is 0.713. The molecule has 0 aliphatic rings. The number of rotatable bonds is 3. The van der Waals surface area contributed by atoms with Crippen LogP contribution in [0.15, 0.2) is 49.6 Å². The van der Waals surface area contributed by atoms with Crippen molar-refractivity contribution in [3.8, 4) is 0 Å². The van der Waals surface area contributed by atoms with E-state index in [1.54, 1.807) is 0 Å². The second-order valence-corrected chi connectivity index (χ2v) is 2.50. The first-order valence-electron chi connectivity index (χ1n) is 4.21. The summed E-state index contributed by atoms with van der Waals surface area (Å²) in [6.07, 6.45) is 3.24. The van der Waals surface area contributed by atoms with Gasteiger partial charge in [0, 0.05) is 0 Å². The van der Waals surface area contributed by atoms with E-state index in [1.165, 1.54) is 11.6 Å². The van der Waals surface area contributed by atoms with Crippen molar-refractivity contribution in [1.82, 2.24) is 0 Å². The van der Waals surface area contributed by atoms with Crippen molar-refractivity contribution in [3.05, 3.63) is 55.1 Å². The fraction of sp³-hybridized carbons (Fsp3) is 0.0833.